The van der Waals surface area contributed by atoms with Crippen LogP contribution < -0.4 is 5.32 Å². The van der Waals surface area contributed by atoms with E-state index < -0.39 is 0 Å². The van der Waals surface area contributed by atoms with Crippen molar-refractivity contribution in [3.8, 4) is 0 Å². The maximum absolute atomic E-state index is 12.1. The Balaban J connectivity index is 2.63. The lowest BCUT2D eigenvalue weighted by molar-refractivity contribution is -0.126. The second-order valence-electron chi connectivity index (χ2n) is 5.53. The van der Waals surface area contributed by atoms with Gasteiger partial charge in [0.25, 0.3) is 0 Å². The first-order valence-electron chi connectivity index (χ1n) is 6.28. The van der Waals surface area contributed by atoms with Gasteiger partial charge in [-0.2, -0.15) is 0 Å². The van der Waals surface area contributed by atoms with Gasteiger partial charge in [0, 0.05) is 11.5 Å². The summed E-state index contributed by atoms with van der Waals surface area (Å²) in [6.07, 6.45) is 1.69. The molecule has 0 saturated carbocycles. The van der Waals surface area contributed by atoms with Crippen LogP contribution in [0.25, 0.3) is 0 Å². The van der Waals surface area contributed by atoms with E-state index in [-0.39, 0.29) is 17.4 Å². The fourth-order valence-corrected chi connectivity index (χ4v) is 1.79. The second-order valence-corrected chi connectivity index (χ2v) is 5.53. The Kier molecular flexibility index (Phi) is 4.73. The van der Waals surface area contributed by atoms with Crippen molar-refractivity contribution in [1.29, 1.82) is 0 Å². The Labute approximate surface area is 104 Å². The summed E-state index contributed by atoms with van der Waals surface area (Å²) in [6, 6.07) is 10.2. The van der Waals surface area contributed by atoms with Crippen molar-refractivity contribution in [2.75, 3.05) is 0 Å². The van der Waals surface area contributed by atoms with E-state index in [1.54, 1.807) is 0 Å². The molecule has 0 unspecified atom stereocenters. The molecule has 1 amide bonds. The first kappa shape index (κ1) is 13.8. The van der Waals surface area contributed by atoms with Gasteiger partial charge in [-0.15, -0.1) is 0 Å². The van der Waals surface area contributed by atoms with Gasteiger partial charge < -0.3 is 5.32 Å². The van der Waals surface area contributed by atoms with E-state index in [1.165, 1.54) is 5.56 Å². The molecule has 1 aromatic carbocycles. The first-order chi connectivity index (χ1) is 7.92. The van der Waals surface area contributed by atoms with Crippen LogP contribution >= 0.6 is 0 Å². The van der Waals surface area contributed by atoms with Gasteiger partial charge in [0.15, 0.2) is 0 Å². The number of benzene rings is 1. The average molecular weight is 233 g/mol. The van der Waals surface area contributed by atoms with Crippen LogP contribution in [-0.4, -0.2) is 11.4 Å². The highest BCUT2D eigenvalue weighted by atomic mass is 16.2. The lowest BCUT2D eigenvalue weighted by atomic mass is 9.95. The molecule has 0 radical (unpaired) electrons. The molecule has 0 bridgehead atoms. The van der Waals surface area contributed by atoms with Gasteiger partial charge >= 0.3 is 0 Å². The Morgan fingerprint density at radius 1 is 1.24 bits per heavy atom. The molecule has 1 atom stereocenters. The van der Waals surface area contributed by atoms with Crippen LogP contribution in [0.15, 0.2) is 30.3 Å². The molecule has 0 saturated heterocycles. The summed E-state index contributed by atoms with van der Waals surface area (Å²) in [4.78, 5) is 12.1. The fraction of sp³-hybridized carbons (Fsp3) is 0.533. The second kappa shape index (κ2) is 5.85. The van der Waals surface area contributed by atoms with E-state index in [1.807, 2.05) is 39.0 Å². The monoisotopic (exact) mass is 233 g/mol. The standard InChI is InChI=1S/C15H23NO/c1-5-13(14(17)16-15(2,3)4)11-12-9-7-6-8-10-12/h6-10,13H,5,11H2,1-4H3,(H,16,17)/t13-/m1/s1. The van der Waals surface area contributed by atoms with Crippen molar-refractivity contribution in [3.05, 3.63) is 35.9 Å². The van der Waals surface area contributed by atoms with Gasteiger partial charge in [0.2, 0.25) is 5.91 Å². The van der Waals surface area contributed by atoms with Crippen LogP contribution in [0.4, 0.5) is 0 Å². The van der Waals surface area contributed by atoms with Crippen molar-refractivity contribution in [1.82, 2.24) is 5.32 Å². The van der Waals surface area contributed by atoms with Crippen LogP contribution in [-0.2, 0) is 11.2 Å². The third-order valence-corrected chi connectivity index (χ3v) is 2.69. The molecule has 0 aliphatic rings. The normalized spacial score (nSPS) is 13.2. The minimum atomic E-state index is -0.152. The predicted molar refractivity (Wildman–Crippen MR) is 71.8 cm³/mol. The zero-order valence-corrected chi connectivity index (χ0v) is 11.3. The molecule has 2 heteroatoms. The molecule has 0 heterocycles. The Bertz CT molecular complexity index is 351. The lowest BCUT2D eigenvalue weighted by Gasteiger charge is -2.24. The molecule has 1 N–H and O–H groups in total. The summed E-state index contributed by atoms with van der Waals surface area (Å²) in [5.74, 6) is 0.223. The molecule has 1 aromatic rings. The van der Waals surface area contributed by atoms with E-state index in [4.69, 9.17) is 0 Å². The van der Waals surface area contributed by atoms with Gasteiger partial charge in [-0.05, 0) is 39.2 Å². The Morgan fingerprint density at radius 3 is 2.29 bits per heavy atom. The summed E-state index contributed by atoms with van der Waals surface area (Å²) in [7, 11) is 0. The summed E-state index contributed by atoms with van der Waals surface area (Å²) in [6.45, 7) is 8.11. The van der Waals surface area contributed by atoms with Gasteiger partial charge in [0.1, 0.15) is 0 Å². The fourth-order valence-electron chi connectivity index (χ4n) is 1.79. The van der Waals surface area contributed by atoms with E-state index in [0.717, 1.165) is 12.8 Å². The van der Waals surface area contributed by atoms with E-state index >= 15 is 0 Å². The molecule has 1 rings (SSSR count). The van der Waals surface area contributed by atoms with Crippen LogP contribution in [0, 0.1) is 5.92 Å². The highest BCUT2D eigenvalue weighted by Crippen LogP contribution is 2.13. The van der Waals surface area contributed by atoms with Crippen molar-refractivity contribution in [2.24, 2.45) is 5.92 Å². The van der Waals surface area contributed by atoms with Crippen LogP contribution in [0.1, 0.15) is 39.7 Å². The predicted octanol–water partition coefficient (Wildman–Crippen LogP) is 3.17. The van der Waals surface area contributed by atoms with Crippen molar-refractivity contribution < 1.29 is 4.79 Å². The molecular weight excluding hydrogens is 210 g/mol. The number of carbonyl (C=O) groups excluding carboxylic acids is 1. The summed E-state index contributed by atoms with van der Waals surface area (Å²) < 4.78 is 0. The van der Waals surface area contributed by atoms with Crippen LogP contribution in [0.5, 0.6) is 0 Å². The van der Waals surface area contributed by atoms with Gasteiger partial charge in [-0.3, -0.25) is 4.79 Å². The van der Waals surface area contributed by atoms with Crippen molar-refractivity contribution in [3.63, 3.8) is 0 Å². The summed E-state index contributed by atoms with van der Waals surface area (Å²) >= 11 is 0. The van der Waals surface area contributed by atoms with E-state index in [9.17, 15) is 4.79 Å². The van der Waals surface area contributed by atoms with Crippen LogP contribution in [0.2, 0.25) is 0 Å². The SMILES string of the molecule is CC[C@H](Cc1ccccc1)C(=O)NC(C)(C)C. The minimum Gasteiger partial charge on any atom is -0.351 e. The zero-order chi connectivity index (χ0) is 12.9. The number of nitrogens with one attached hydrogen (secondary N) is 1. The van der Waals surface area contributed by atoms with Gasteiger partial charge in [-0.1, -0.05) is 37.3 Å². The molecule has 0 fully saturated rings. The molecule has 0 aliphatic carbocycles. The van der Waals surface area contributed by atoms with Gasteiger partial charge in [-0.25, -0.2) is 0 Å². The maximum Gasteiger partial charge on any atom is 0.223 e. The number of hydrogen-bond donors (Lipinski definition) is 1. The van der Waals surface area contributed by atoms with Crippen molar-refractivity contribution in [2.45, 2.75) is 46.1 Å². The summed E-state index contributed by atoms with van der Waals surface area (Å²) in [5.41, 5.74) is 1.07. The van der Waals surface area contributed by atoms with E-state index in [0.29, 0.717) is 0 Å². The smallest absolute Gasteiger partial charge is 0.223 e. The van der Waals surface area contributed by atoms with E-state index in [2.05, 4.69) is 24.4 Å². The highest BCUT2D eigenvalue weighted by molar-refractivity contribution is 5.79. The highest BCUT2D eigenvalue weighted by Gasteiger charge is 2.21. The molecule has 0 aliphatic heterocycles. The minimum absolute atomic E-state index is 0.0663. The molecule has 94 valence electrons. The topological polar surface area (TPSA) is 29.1 Å². The van der Waals surface area contributed by atoms with Gasteiger partial charge in [0.05, 0.1) is 0 Å². The maximum atomic E-state index is 12.1. The van der Waals surface area contributed by atoms with Crippen molar-refractivity contribution >= 4 is 5.91 Å². The average Bonchev–Trinajstić information content (AvgIpc) is 2.24. The number of hydrogen-bond acceptors (Lipinski definition) is 1. The summed E-state index contributed by atoms with van der Waals surface area (Å²) in [5, 5.41) is 3.05. The number of amides is 1. The Morgan fingerprint density at radius 2 is 1.82 bits per heavy atom. The molecular formula is C15H23NO. The molecule has 0 spiro atoms. The molecule has 0 aromatic heterocycles. The third kappa shape index (κ3) is 5.03. The quantitative estimate of drug-likeness (QED) is 0.850. The molecule has 17 heavy (non-hydrogen) atoms. The molecule has 2 nitrogen and oxygen atoms in total. The largest absolute Gasteiger partial charge is 0.351 e. The Hall–Kier alpha value is -1.31. The number of carbonyl (C=O) groups is 1. The zero-order valence-electron chi connectivity index (χ0n) is 11.3. The lowest BCUT2D eigenvalue weighted by Crippen LogP contribution is -2.44. The first-order valence-corrected chi connectivity index (χ1v) is 6.28. The third-order valence-electron chi connectivity index (χ3n) is 2.69. The van der Waals surface area contributed by atoms with Crippen LogP contribution in [0.3, 0.4) is 0 Å². The number of rotatable bonds is 4.